The molecule has 0 spiro atoms. The number of unbranched alkanes of at least 4 members (excludes halogenated alkanes) is 4. The molecule has 2 atom stereocenters. The van der Waals surface area contributed by atoms with E-state index in [9.17, 15) is 0 Å². The second-order valence-corrected chi connectivity index (χ2v) is 10.8. The summed E-state index contributed by atoms with van der Waals surface area (Å²) in [6.45, 7) is 6.45. The number of rotatable bonds is 11. The van der Waals surface area contributed by atoms with Crippen molar-refractivity contribution in [2.45, 2.75) is 96.2 Å². The van der Waals surface area contributed by atoms with E-state index in [0.717, 1.165) is 18.9 Å². The standard InChI is InChI=1S/C18H38O3Si.C2H6O/c1-6-8-9-10-11-13-17-14-12-16-22(20-4,21-5)18(17,19-3)15-7-2;1-2-3/h17H,6-16H2,1-5H3;3H,2H2,1H3. The van der Waals surface area contributed by atoms with E-state index in [0.29, 0.717) is 5.92 Å². The Kier molecular flexibility index (Phi) is 14.2. The van der Waals surface area contributed by atoms with Crippen LogP contribution < -0.4 is 0 Å². The predicted molar refractivity (Wildman–Crippen MR) is 108 cm³/mol. The molecule has 0 radical (unpaired) electrons. The molecule has 1 N–H and O–H groups in total. The van der Waals surface area contributed by atoms with E-state index in [1.807, 2.05) is 21.3 Å². The second kappa shape index (κ2) is 14.2. The van der Waals surface area contributed by atoms with Gasteiger partial charge in [0, 0.05) is 27.9 Å². The Morgan fingerprint density at radius 2 is 1.56 bits per heavy atom. The highest BCUT2D eigenvalue weighted by atomic mass is 28.4. The minimum absolute atomic E-state index is 0.158. The zero-order chi connectivity index (χ0) is 19.2. The van der Waals surface area contributed by atoms with Gasteiger partial charge in [-0.2, -0.15) is 0 Å². The summed E-state index contributed by atoms with van der Waals surface area (Å²) >= 11 is 0. The number of aliphatic hydroxyl groups excluding tert-OH is 1. The topological polar surface area (TPSA) is 47.9 Å². The normalized spacial score (nSPS) is 25.3. The third kappa shape index (κ3) is 6.62. The largest absolute Gasteiger partial charge is 0.397 e. The maximum atomic E-state index is 7.57. The molecule has 1 saturated heterocycles. The fourth-order valence-electron chi connectivity index (χ4n) is 4.53. The summed E-state index contributed by atoms with van der Waals surface area (Å²) in [5, 5.41) is 7.41. The number of hydrogen-bond donors (Lipinski definition) is 1. The van der Waals surface area contributed by atoms with E-state index in [4.69, 9.17) is 18.7 Å². The summed E-state index contributed by atoms with van der Waals surface area (Å²) in [4.78, 5) is 0. The molecule has 0 saturated carbocycles. The van der Waals surface area contributed by atoms with E-state index in [-0.39, 0.29) is 11.8 Å². The summed E-state index contributed by atoms with van der Waals surface area (Å²) in [6.07, 6.45) is 12.7. The molecule has 25 heavy (non-hydrogen) atoms. The van der Waals surface area contributed by atoms with Gasteiger partial charge >= 0.3 is 8.56 Å². The minimum atomic E-state index is -2.29. The summed E-state index contributed by atoms with van der Waals surface area (Å²) in [5.41, 5.74) is 0. The van der Waals surface area contributed by atoms with E-state index >= 15 is 0 Å². The molecule has 0 aromatic heterocycles. The average Bonchev–Trinajstić information content (AvgIpc) is 2.63. The number of ether oxygens (including phenoxy) is 1. The third-order valence-electron chi connectivity index (χ3n) is 5.66. The molecule has 0 bridgehead atoms. The highest BCUT2D eigenvalue weighted by molar-refractivity contribution is 6.70. The van der Waals surface area contributed by atoms with E-state index in [2.05, 4.69) is 13.8 Å². The van der Waals surface area contributed by atoms with Crippen molar-refractivity contribution in [1.29, 1.82) is 0 Å². The molecular weight excluding hydrogens is 332 g/mol. The molecule has 1 aliphatic rings. The van der Waals surface area contributed by atoms with Crippen LogP contribution in [0, 0.1) is 5.92 Å². The predicted octanol–water partition coefficient (Wildman–Crippen LogP) is 5.22. The van der Waals surface area contributed by atoms with Crippen molar-refractivity contribution < 1.29 is 18.7 Å². The summed E-state index contributed by atoms with van der Waals surface area (Å²) < 4.78 is 18.3. The van der Waals surface area contributed by atoms with Gasteiger partial charge < -0.3 is 18.7 Å². The highest BCUT2D eigenvalue weighted by Gasteiger charge is 2.62. The van der Waals surface area contributed by atoms with Crippen molar-refractivity contribution in [3.63, 3.8) is 0 Å². The number of methoxy groups -OCH3 is 1. The molecule has 1 rings (SSSR count). The Morgan fingerprint density at radius 1 is 0.960 bits per heavy atom. The Bertz CT molecular complexity index is 310. The van der Waals surface area contributed by atoms with Gasteiger partial charge in [0.15, 0.2) is 0 Å². The zero-order valence-electron chi connectivity index (χ0n) is 17.7. The van der Waals surface area contributed by atoms with Crippen LogP contribution in [0.5, 0.6) is 0 Å². The first-order valence-corrected chi connectivity index (χ1v) is 12.4. The summed E-state index contributed by atoms with van der Waals surface area (Å²) in [7, 11) is 3.26. The van der Waals surface area contributed by atoms with E-state index in [1.54, 1.807) is 6.92 Å². The summed E-state index contributed by atoms with van der Waals surface area (Å²) in [5.74, 6) is 0.597. The highest BCUT2D eigenvalue weighted by Crippen LogP contribution is 2.48. The van der Waals surface area contributed by atoms with Crippen LogP contribution in [0.15, 0.2) is 0 Å². The maximum absolute atomic E-state index is 7.57. The number of hydrogen-bond acceptors (Lipinski definition) is 4. The van der Waals surface area contributed by atoms with Gasteiger partial charge in [0.1, 0.15) is 5.22 Å². The lowest BCUT2D eigenvalue weighted by molar-refractivity contribution is -0.0567. The van der Waals surface area contributed by atoms with Gasteiger partial charge in [-0.3, -0.25) is 0 Å². The van der Waals surface area contributed by atoms with Crippen molar-refractivity contribution in [3.05, 3.63) is 0 Å². The van der Waals surface area contributed by atoms with Gasteiger partial charge in [0.05, 0.1) is 0 Å². The van der Waals surface area contributed by atoms with Gasteiger partial charge in [0.25, 0.3) is 0 Å². The molecule has 152 valence electrons. The van der Waals surface area contributed by atoms with E-state index < -0.39 is 8.56 Å². The molecular formula is C20H44O4Si. The third-order valence-corrected chi connectivity index (χ3v) is 10.1. The number of aliphatic hydroxyl groups is 1. The minimum Gasteiger partial charge on any atom is -0.397 e. The molecule has 0 amide bonds. The quantitative estimate of drug-likeness (QED) is 0.397. The van der Waals surface area contributed by atoms with E-state index in [1.165, 1.54) is 51.4 Å². The summed E-state index contributed by atoms with van der Waals surface area (Å²) in [6, 6.07) is 1.07. The van der Waals surface area contributed by atoms with Crippen LogP contribution in [-0.4, -0.2) is 46.8 Å². The van der Waals surface area contributed by atoms with Crippen LogP contribution in [0.2, 0.25) is 6.04 Å². The average molecular weight is 377 g/mol. The van der Waals surface area contributed by atoms with Crippen LogP contribution in [0.3, 0.4) is 0 Å². The zero-order valence-corrected chi connectivity index (χ0v) is 18.7. The molecule has 4 nitrogen and oxygen atoms in total. The lowest BCUT2D eigenvalue weighted by Gasteiger charge is -2.52. The molecule has 5 heteroatoms. The van der Waals surface area contributed by atoms with Crippen LogP contribution in [0.25, 0.3) is 0 Å². The fourth-order valence-corrected chi connectivity index (χ4v) is 8.74. The van der Waals surface area contributed by atoms with Crippen molar-refractivity contribution in [3.8, 4) is 0 Å². The van der Waals surface area contributed by atoms with Gasteiger partial charge in [-0.05, 0) is 38.1 Å². The van der Waals surface area contributed by atoms with Crippen LogP contribution >= 0.6 is 0 Å². The Labute approximate surface area is 157 Å². The molecule has 2 unspecified atom stereocenters. The van der Waals surface area contributed by atoms with Gasteiger partial charge in [-0.25, -0.2) is 0 Å². The van der Waals surface area contributed by atoms with Crippen molar-refractivity contribution in [2.24, 2.45) is 5.92 Å². The van der Waals surface area contributed by atoms with Gasteiger partial charge in [0.2, 0.25) is 0 Å². The lowest BCUT2D eigenvalue weighted by atomic mass is 9.87. The Morgan fingerprint density at radius 3 is 2.04 bits per heavy atom. The van der Waals surface area contributed by atoms with Crippen molar-refractivity contribution >= 4 is 8.56 Å². The smallest absolute Gasteiger partial charge is 0.371 e. The monoisotopic (exact) mass is 376 g/mol. The van der Waals surface area contributed by atoms with Gasteiger partial charge in [-0.15, -0.1) is 0 Å². The Hall–Kier alpha value is 0.0569. The van der Waals surface area contributed by atoms with Gasteiger partial charge in [-0.1, -0.05) is 58.8 Å². The first-order chi connectivity index (χ1) is 12.1. The Balaban J connectivity index is 0.00000178. The molecule has 1 heterocycles. The molecule has 1 fully saturated rings. The fraction of sp³-hybridized carbons (Fsp3) is 1.00. The maximum Gasteiger partial charge on any atom is 0.371 e. The second-order valence-electron chi connectivity index (χ2n) is 7.11. The lowest BCUT2D eigenvalue weighted by Crippen LogP contribution is -2.68. The SMILES string of the molecule is CCCCCCCC1CCC[Si](OC)(OC)C1(CCC)OC.CCO. The van der Waals surface area contributed by atoms with Crippen molar-refractivity contribution in [1.82, 2.24) is 0 Å². The molecule has 1 aliphatic heterocycles. The first-order valence-electron chi connectivity index (χ1n) is 10.3. The van der Waals surface area contributed by atoms with Crippen LogP contribution in [0.1, 0.15) is 85.0 Å². The molecule has 0 aliphatic carbocycles. The first kappa shape index (κ1) is 25.1. The van der Waals surface area contributed by atoms with Crippen molar-refractivity contribution in [2.75, 3.05) is 27.9 Å². The van der Waals surface area contributed by atoms with Crippen LogP contribution in [0.4, 0.5) is 0 Å². The molecule has 0 aromatic rings. The molecule has 0 aromatic carbocycles. The van der Waals surface area contributed by atoms with Crippen LogP contribution in [-0.2, 0) is 13.6 Å².